The standard InChI is InChI=1S/C21H17Cl2FINO2/c1-27-20-9-14(11-26-19-7-4-15(22)10-17(19)23)8-18(25)21(20)28-12-13-2-5-16(24)6-3-13/h2-10,26H,11-12H2,1H3. The smallest absolute Gasteiger partial charge is 0.174 e. The molecule has 7 heteroatoms. The molecule has 0 saturated heterocycles. The molecule has 0 heterocycles. The molecule has 0 atom stereocenters. The Morgan fingerprint density at radius 1 is 1.00 bits per heavy atom. The van der Waals surface area contributed by atoms with Crippen LogP contribution in [0, 0.1) is 9.39 Å². The first-order chi connectivity index (χ1) is 13.5. The average molecular weight is 532 g/mol. The zero-order chi connectivity index (χ0) is 20.1. The zero-order valence-corrected chi connectivity index (χ0v) is 18.6. The molecule has 3 aromatic carbocycles. The number of hydrogen-bond donors (Lipinski definition) is 1. The van der Waals surface area contributed by atoms with E-state index in [1.165, 1.54) is 12.1 Å². The number of hydrogen-bond acceptors (Lipinski definition) is 3. The van der Waals surface area contributed by atoms with Crippen molar-refractivity contribution in [1.29, 1.82) is 0 Å². The number of benzene rings is 3. The molecule has 3 rings (SSSR count). The van der Waals surface area contributed by atoms with Gasteiger partial charge in [-0.1, -0.05) is 35.3 Å². The third-order valence-corrected chi connectivity index (χ3v) is 5.35. The molecule has 0 fully saturated rings. The van der Waals surface area contributed by atoms with Crippen LogP contribution >= 0.6 is 45.8 Å². The molecule has 0 unspecified atom stereocenters. The number of anilines is 1. The second-order valence-electron chi connectivity index (χ2n) is 6.00. The highest BCUT2D eigenvalue weighted by Crippen LogP contribution is 2.35. The maximum atomic E-state index is 13.0. The molecular formula is C21H17Cl2FINO2. The molecular weight excluding hydrogens is 515 g/mol. The van der Waals surface area contributed by atoms with Crippen LogP contribution in [0.5, 0.6) is 11.5 Å². The molecule has 0 amide bonds. The number of rotatable bonds is 7. The van der Waals surface area contributed by atoms with Gasteiger partial charge in [-0.3, -0.25) is 0 Å². The lowest BCUT2D eigenvalue weighted by molar-refractivity contribution is 0.282. The number of halogens is 4. The Morgan fingerprint density at radius 2 is 1.75 bits per heavy atom. The van der Waals surface area contributed by atoms with Crippen molar-refractivity contribution in [2.24, 2.45) is 0 Å². The van der Waals surface area contributed by atoms with Gasteiger partial charge >= 0.3 is 0 Å². The Labute approximate surface area is 186 Å². The quantitative estimate of drug-likeness (QED) is 0.335. The second kappa shape index (κ2) is 9.67. The largest absolute Gasteiger partial charge is 0.493 e. The first kappa shape index (κ1) is 21.0. The fourth-order valence-electron chi connectivity index (χ4n) is 2.58. The van der Waals surface area contributed by atoms with E-state index in [9.17, 15) is 4.39 Å². The summed E-state index contributed by atoms with van der Waals surface area (Å²) in [5, 5.41) is 4.45. The highest BCUT2D eigenvalue weighted by atomic mass is 127. The van der Waals surface area contributed by atoms with Crippen LogP contribution in [0.4, 0.5) is 10.1 Å². The molecule has 0 aliphatic heterocycles. The molecule has 0 aliphatic carbocycles. The van der Waals surface area contributed by atoms with E-state index < -0.39 is 0 Å². The van der Waals surface area contributed by atoms with Crippen LogP contribution in [-0.4, -0.2) is 7.11 Å². The normalized spacial score (nSPS) is 10.6. The molecule has 0 aromatic heterocycles. The van der Waals surface area contributed by atoms with Crippen LogP contribution in [0.25, 0.3) is 0 Å². The van der Waals surface area contributed by atoms with E-state index in [-0.39, 0.29) is 5.82 Å². The number of methoxy groups -OCH3 is 1. The zero-order valence-electron chi connectivity index (χ0n) is 14.9. The first-order valence-corrected chi connectivity index (χ1v) is 10.2. The SMILES string of the molecule is COc1cc(CNc2ccc(Cl)cc2Cl)cc(I)c1OCc1ccc(F)cc1. The summed E-state index contributed by atoms with van der Waals surface area (Å²) in [4.78, 5) is 0. The van der Waals surface area contributed by atoms with Gasteiger partial charge in [0.05, 0.1) is 21.4 Å². The van der Waals surface area contributed by atoms with Crippen molar-refractivity contribution in [3.05, 3.63) is 85.2 Å². The highest BCUT2D eigenvalue weighted by molar-refractivity contribution is 14.1. The average Bonchev–Trinajstić information content (AvgIpc) is 2.67. The predicted octanol–water partition coefficient (Wildman–Crippen LogP) is 6.94. The van der Waals surface area contributed by atoms with Gasteiger partial charge in [-0.25, -0.2) is 4.39 Å². The topological polar surface area (TPSA) is 30.5 Å². The minimum Gasteiger partial charge on any atom is -0.493 e. The molecule has 1 N–H and O–H groups in total. The summed E-state index contributed by atoms with van der Waals surface area (Å²) in [7, 11) is 1.60. The fraction of sp³-hybridized carbons (Fsp3) is 0.143. The van der Waals surface area contributed by atoms with Gasteiger partial charge in [0, 0.05) is 11.6 Å². The summed E-state index contributed by atoms with van der Waals surface area (Å²) in [5.74, 6) is 1.02. The minimum atomic E-state index is -0.270. The van der Waals surface area contributed by atoms with E-state index in [1.807, 2.05) is 18.2 Å². The van der Waals surface area contributed by atoms with Gasteiger partial charge in [-0.15, -0.1) is 0 Å². The maximum Gasteiger partial charge on any atom is 0.174 e. The van der Waals surface area contributed by atoms with Crippen molar-refractivity contribution in [2.75, 3.05) is 12.4 Å². The van der Waals surface area contributed by atoms with Crippen molar-refractivity contribution in [1.82, 2.24) is 0 Å². The second-order valence-corrected chi connectivity index (χ2v) is 8.01. The van der Waals surface area contributed by atoms with Crippen LogP contribution in [0.3, 0.4) is 0 Å². The molecule has 0 saturated carbocycles. The molecule has 0 spiro atoms. The summed E-state index contributed by atoms with van der Waals surface area (Å²) in [6, 6.07) is 15.5. The summed E-state index contributed by atoms with van der Waals surface area (Å²) in [5.41, 5.74) is 2.69. The molecule has 0 aliphatic rings. The van der Waals surface area contributed by atoms with E-state index in [4.69, 9.17) is 32.7 Å². The van der Waals surface area contributed by atoms with Crippen LogP contribution in [0.15, 0.2) is 54.6 Å². The van der Waals surface area contributed by atoms with Crippen LogP contribution < -0.4 is 14.8 Å². The minimum absolute atomic E-state index is 0.270. The number of ether oxygens (including phenoxy) is 2. The lowest BCUT2D eigenvalue weighted by Gasteiger charge is -2.15. The Bertz CT molecular complexity index is 967. The molecule has 28 heavy (non-hydrogen) atoms. The lowest BCUT2D eigenvalue weighted by Crippen LogP contribution is -2.04. The van der Waals surface area contributed by atoms with Crippen LogP contribution in [-0.2, 0) is 13.2 Å². The monoisotopic (exact) mass is 531 g/mol. The van der Waals surface area contributed by atoms with E-state index in [0.717, 1.165) is 20.4 Å². The molecule has 3 nitrogen and oxygen atoms in total. The first-order valence-electron chi connectivity index (χ1n) is 8.39. The van der Waals surface area contributed by atoms with Gasteiger partial charge in [-0.2, -0.15) is 0 Å². The molecule has 3 aromatic rings. The molecule has 146 valence electrons. The van der Waals surface area contributed by atoms with Gasteiger partial charge in [0.2, 0.25) is 0 Å². The fourth-order valence-corrected chi connectivity index (χ4v) is 3.88. The van der Waals surface area contributed by atoms with Crippen molar-refractivity contribution >= 4 is 51.5 Å². The van der Waals surface area contributed by atoms with E-state index in [0.29, 0.717) is 34.7 Å². The van der Waals surface area contributed by atoms with E-state index in [2.05, 4.69) is 27.9 Å². The predicted molar refractivity (Wildman–Crippen MR) is 120 cm³/mol. The lowest BCUT2D eigenvalue weighted by atomic mass is 10.2. The van der Waals surface area contributed by atoms with E-state index in [1.54, 1.807) is 31.4 Å². The van der Waals surface area contributed by atoms with Crippen molar-refractivity contribution in [3.63, 3.8) is 0 Å². The molecule has 0 bridgehead atoms. The highest BCUT2D eigenvalue weighted by Gasteiger charge is 2.12. The van der Waals surface area contributed by atoms with Crippen LogP contribution in [0.2, 0.25) is 10.0 Å². The Balaban J connectivity index is 1.72. The Kier molecular flexibility index (Phi) is 7.26. The summed E-state index contributed by atoms with van der Waals surface area (Å²) >= 11 is 14.3. The van der Waals surface area contributed by atoms with Gasteiger partial charge in [0.25, 0.3) is 0 Å². The summed E-state index contributed by atoms with van der Waals surface area (Å²) < 4.78 is 25.4. The van der Waals surface area contributed by atoms with Crippen molar-refractivity contribution in [3.8, 4) is 11.5 Å². The molecule has 0 radical (unpaired) electrons. The van der Waals surface area contributed by atoms with Crippen LogP contribution in [0.1, 0.15) is 11.1 Å². The van der Waals surface area contributed by atoms with Gasteiger partial charge in [0.15, 0.2) is 11.5 Å². The van der Waals surface area contributed by atoms with Gasteiger partial charge in [-0.05, 0) is 76.2 Å². The summed E-state index contributed by atoms with van der Waals surface area (Å²) in [6.07, 6.45) is 0. The van der Waals surface area contributed by atoms with Gasteiger partial charge < -0.3 is 14.8 Å². The third-order valence-electron chi connectivity index (χ3n) is 4.00. The van der Waals surface area contributed by atoms with Crippen molar-refractivity contribution < 1.29 is 13.9 Å². The number of nitrogens with one attached hydrogen (secondary N) is 1. The van der Waals surface area contributed by atoms with Gasteiger partial charge in [0.1, 0.15) is 12.4 Å². The van der Waals surface area contributed by atoms with Crippen molar-refractivity contribution in [2.45, 2.75) is 13.2 Å². The van der Waals surface area contributed by atoms with E-state index >= 15 is 0 Å². The maximum absolute atomic E-state index is 13.0. The Morgan fingerprint density at radius 3 is 2.43 bits per heavy atom. The summed E-state index contributed by atoms with van der Waals surface area (Å²) in [6.45, 7) is 0.885. The third kappa shape index (κ3) is 5.43. The Hall–Kier alpha value is -1.70.